The van der Waals surface area contributed by atoms with Gasteiger partial charge in [0.1, 0.15) is 0 Å². The number of pyridine rings is 1. The van der Waals surface area contributed by atoms with Crippen molar-refractivity contribution in [3.8, 4) is 0 Å². The molecule has 0 aliphatic carbocycles. The lowest BCUT2D eigenvalue weighted by Crippen LogP contribution is -2.25. The van der Waals surface area contributed by atoms with Crippen molar-refractivity contribution in [3.05, 3.63) is 40.2 Å². The highest BCUT2D eigenvalue weighted by Crippen LogP contribution is 2.18. The highest BCUT2D eigenvalue weighted by atomic mass is 32.2. The molecule has 0 fully saturated rings. The van der Waals surface area contributed by atoms with Crippen LogP contribution in [-0.2, 0) is 16.6 Å². The molecule has 18 heavy (non-hydrogen) atoms. The van der Waals surface area contributed by atoms with E-state index in [4.69, 9.17) is 5.73 Å². The van der Waals surface area contributed by atoms with Gasteiger partial charge in [0.15, 0.2) is 5.03 Å². The summed E-state index contributed by atoms with van der Waals surface area (Å²) in [6.45, 7) is 2.19. The van der Waals surface area contributed by atoms with Gasteiger partial charge in [-0.1, -0.05) is 0 Å². The summed E-state index contributed by atoms with van der Waals surface area (Å²) in [6, 6.07) is 5.05. The molecule has 96 valence electrons. The highest BCUT2D eigenvalue weighted by Gasteiger charge is 2.18. The van der Waals surface area contributed by atoms with E-state index < -0.39 is 10.0 Å². The largest absolute Gasteiger partial charge is 0.396 e. The van der Waals surface area contributed by atoms with E-state index >= 15 is 0 Å². The Bertz CT molecular complexity index is 650. The summed E-state index contributed by atoms with van der Waals surface area (Å²) >= 11 is 1.51. The number of thiophene rings is 1. The Morgan fingerprint density at radius 1 is 1.44 bits per heavy atom. The van der Waals surface area contributed by atoms with Crippen molar-refractivity contribution in [3.63, 3.8) is 0 Å². The van der Waals surface area contributed by atoms with Gasteiger partial charge in [-0.15, -0.1) is 11.3 Å². The van der Waals surface area contributed by atoms with Crippen molar-refractivity contribution in [2.75, 3.05) is 5.73 Å². The Hall–Kier alpha value is -1.44. The fourth-order valence-electron chi connectivity index (χ4n) is 1.44. The Kier molecular flexibility index (Phi) is 3.65. The summed E-state index contributed by atoms with van der Waals surface area (Å²) in [5.41, 5.74) is 6.82. The summed E-state index contributed by atoms with van der Waals surface area (Å²) in [5, 5.41) is 1.80. The number of nitrogens with two attached hydrogens (primary N) is 1. The molecule has 0 unspecified atom stereocenters. The first-order chi connectivity index (χ1) is 8.50. The summed E-state index contributed by atoms with van der Waals surface area (Å²) < 4.78 is 26.5. The van der Waals surface area contributed by atoms with Gasteiger partial charge >= 0.3 is 0 Å². The highest BCUT2D eigenvalue weighted by molar-refractivity contribution is 7.89. The third-order valence-corrected chi connectivity index (χ3v) is 4.84. The van der Waals surface area contributed by atoms with E-state index in [0.29, 0.717) is 0 Å². The first-order valence-corrected chi connectivity index (χ1v) is 7.60. The molecule has 0 radical (unpaired) electrons. The number of hydrogen-bond donors (Lipinski definition) is 2. The molecule has 2 heterocycles. The van der Waals surface area contributed by atoms with Gasteiger partial charge in [0.2, 0.25) is 0 Å². The standard InChI is InChI=1S/C11H13N3O2S2/c1-8-4-6-17-10(8)7-14-18(15,16)11-9(12)3-2-5-13-11/h2-6,14H,7,12H2,1H3. The van der Waals surface area contributed by atoms with Crippen molar-refractivity contribution in [2.45, 2.75) is 18.5 Å². The first-order valence-electron chi connectivity index (χ1n) is 5.24. The minimum Gasteiger partial charge on any atom is -0.396 e. The number of aryl methyl sites for hydroxylation is 1. The van der Waals surface area contributed by atoms with Crippen LogP contribution in [0.5, 0.6) is 0 Å². The molecule has 0 atom stereocenters. The predicted octanol–water partition coefficient (Wildman–Crippen LogP) is 1.51. The van der Waals surface area contributed by atoms with Gasteiger partial charge in [-0.05, 0) is 36.1 Å². The number of nitrogens with one attached hydrogen (secondary N) is 1. The van der Waals surface area contributed by atoms with Crippen LogP contribution in [0.2, 0.25) is 0 Å². The summed E-state index contributed by atoms with van der Waals surface area (Å²) in [5.74, 6) is 0. The van der Waals surface area contributed by atoms with Gasteiger partial charge in [-0.25, -0.2) is 18.1 Å². The van der Waals surface area contributed by atoms with Crippen LogP contribution in [0, 0.1) is 6.92 Å². The molecule has 2 aromatic heterocycles. The maximum Gasteiger partial charge on any atom is 0.260 e. The van der Waals surface area contributed by atoms with Crippen LogP contribution in [0.3, 0.4) is 0 Å². The van der Waals surface area contributed by atoms with Crippen LogP contribution >= 0.6 is 11.3 Å². The second kappa shape index (κ2) is 5.05. The second-order valence-electron chi connectivity index (χ2n) is 3.75. The third kappa shape index (κ3) is 2.69. The van der Waals surface area contributed by atoms with Crippen LogP contribution in [0.1, 0.15) is 10.4 Å². The van der Waals surface area contributed by atoms with Crippen LogP contribution in [0.15, 0.2) is 34.8 Å². The number of anilines is 1. The third-order valence-electron chi connectivity index (χ3n) is 2.45. The van der Waals surface area contributed by atoms with E-state index in [1.54, 1.807) is 6.07 Å². The Balaban J connectivity index is 2.19. The van der Waals surface area contributed by atoms with E-state index in [1.165, 1.54) is 23.6 Å². The van der Waals surface area contributed by atoms with Crippen molar-refractivity contribution in [2.24, 2.45) is 0 Å². The maximum absolute atomic E-state index is 12.0. The molecule has 7 heteroatoms. The Labute approximate surface area is 110 Å². The zero-order valence-corrected chi connectivity index (χ0v) is 11.4. The Morgan fingerprint density at radius 2 is 2.22 bits per heavy atom. The minimum atomic E-state index is -3.66. The minimum absolute atomic E-state index is 0.126. The van der Waals surface area contributed by atoms with Crippen LogP contribution < -0.4 is 10.5 Å². The topological polar surface area (TPSA) is 85.1 Å². The van der Waals surface area contributed by atoms with Gasteiger partial charge in [-0.2, -0.15) is 0 Å². The molecule has 0 aromatic carbocycles. The van der Waals surface area contributed by atoms with Crippen molar-refractivity contribution in [1.29, 1.82) is 0 Å². The fraction of sp³-hybridized carbons (Fsp3) is 0.182. The number of hydrogen-bond acceptors (Lipinski definition) is 5. The average Bonchev–Trinajstić information content (AvgIpc) is 2.73. The number of rotatable bonds is 4. The summed E-state index contributed by atoms with van der Waals surface area (Å²) in [4.78, 5) is 4.78. The molecule has 2 aromatic rings. The molecule has 2 rings (SSSR count). The smallest absolute Gasteiger partial charge is 0.260 e. The maximum atomic E-state index is 12.0. The number of nitrogens with zero attached hydrogens (tertiary/aromatic N) is 1. The van der Waals surface area contributed by atoms with Crippen molar-refractivity contribution in [1.82, 2.24) is 9.71 Å². The SMILES string of the molecule is Cc1ccsc1CNS(=O)(=O)c1ncccc1N. The van der Waals surface area contributed by atoms with Crippen molar-refractivity contribution < 1.29 is 8.42 Å². The normalized spacial score (nSPS) is 11.6. The van der Waals surface area contributed by atoms with Crippen LogP contribution in [0.25, 0.3) is 0 Å². The number of nitrogen functional groups attached to an aromatic ring is 1. The van der Waals surface area contributed by atoms with E-state index in [9.17, 15) is 8.42 Å². The van der Waals surface area contributed by atoms with Crippen molar-refractivity contribution >= 4 is 27.0 Å². The lowest BCUT2D eigenvalue weighted by Gasteiger charge is -2.07. The van der Waals surface area contributed by atoms with E-state index in [2.05, 4.69) is 9.71 Å². The second-order valence-corrected chi connectivity index (χ2v) is 6.43. The molecule has 0 saturated carbocycles. The lowest BCUT2D eigenvalue weighted by molar-refractivity contribution is 0.578. The fourth-order valence-corrected chi connectivity index (χ4v) is 3.43. The molecule has 0 aliphatic rings. The first kappa shape index (κ1) is 13.0. The van der Waals surface area contributed by atoms with E-state index in [1.807, 2.05) is 18.4 Å². The number of aromatic nitrogens is 1. The summed E-state index contributed by atoms with van der Waals surface area (Å²) in [6.07, 6.45) is 1.40. The van der Waals surface area contributed by atoms with E-state index in [-0.39, 0.29) is 17.3 Å². The summed E-state index contributed by atoms with van der Waals surface area (Å²) in [7, 11) is -3.66. The average molecular weight is 283 g/mol. The quantitative estimate of drug-likeness (QED) is 0.890. The molecule has 0 saturated heterocycles. The predicted molar refractivity (Wildman–Crippen MR) is 71.7 cm³/mol. The molecule has 0 spiro atoms. The molecular weight excluding hydrogens is 270 g/mol. The van der Waals surface area contributed by atoms with Gasteiger partial charge < -0.3 is 5.73 Å². The van der Waals surface area contributed by atoms with Crippen LogP contribution in [0.4, 0.5) is 5.69 Å². The van der Waals surface area contributed by atoms with Gasteiger partial charge in [-0.3, -0.25) is 0 Å². The zero-order chi connectivity index (χ0) is 13.2. The molecule has 5 nitrogen and oxygen atoms in total. The molecule has 0 bridgehead atoms. The van der Waals surface area contributed by atoms with Gasteiger partial charge in [0, 0.05) is 17.6 Å². The molecular formula is C11H13N3O2S2. The molecule has 0 aliphatic heterocycles. The molecule has 0 amide bonds. The lowest BCUT2D eigenvalue weighted by atomic mass is 10.3. The van der Waals surface area contributed by atoms with Gasteiger partial charge in [0.05, 0.1) is 5.69 Å². The van der Waals surface area contributed by atoms with Crippen LogP contribution in [-0.4, -0.2) is 13.4 Å². The van der Waals surface area contributed by atoms with E-state index in [0.717, 1.165) is 10.4 Å². The molecule has 3 N–H and O–H groups in total. The van der Waals surface area contributed by atoms with Gasteiger partial charge in [0.25, 0.3) is 10.0 Å². The Morgan fingerprint density at radius 3 is 2.83 bits per heavy atom. The monoisotopic (exact) mass is 283 g/mol. The zero-order valence-electron chi connectivity index (χ0n) is 9.75. The number of sulfonamides is 1.